The van der Waals surface area contributed by atoms with Gasteiger partial charge in [0.15, 0.2) is 0 Å². The van der Waals surface area contributed by atoms with E-state index in [2.05, 4.69) is 30.5 Å². The summed E-state index contributed by atoms with van der Waals surface area (Å²) in [6.07, 6.45) is 5.67. The molecule has 0 bridgehead atoms. The highest BCUT2D eigenvalue weighted by Gasteiger charge is 2.21. The van der Waals surface area contributed by atoms with E-state index in [1.807, 2.05) is 60.9 Å². The predicted molar refractivity (Wildman–Crippen MR) is 144 cm³/mol. The van der Waals surface area contributed by atoms with Gasteiger partial charge in [-0.05, 0) is 78.1 Å². The number of nitrogens with one attached hydrogen (secondary N) is 1. The molecular formula is C27H26BrN3O3S. The first kappa shape index (κ1) is 23.6. The topological polar surface area (TPSA) is 71.5 Å². The number of piperidine rings is 1. The summed E-state index contributed by atoms with van der Waals surface area (Å²) in [4.78, 5) is 6.67. The van der Waals surface area contributed by atoms with Gasteiger partial charge < -0.3 is 9.64 Å². The van der Waals surface area contributed by atoms with Crippen molar-refractivity contribution in [1.29, 1.82) is 0 Å². The molecule has 0 radical (unpaired) electrons. The Morgan fingerprint density at radius 2 is 1.66 bits per heavy atom. The van der Waals surface area contributed by atoms with Crippen LogP contribution in [0.2, 0.25) is 0 Å². The molecule has 3 aromatic carbocycles. The summed E-state index contributed by atoms with van der Waals surface area (Å²) in [7, 11) is -3.77. The number of aromatic nitrogens is 1. The number of fused-ring (bicyclic) bond motifs is 1. The maximum atomic E-state index is 13.2. The molecule has 6 nitrogen and oxygen atoms in total. The lowest BCUT2D eigenvalue weighted by atomic mass is 9.97. The zero-order valence-electron chi connectivity index (χ0n) is 19.1. The predicted octanol–water partition coefficient (Wildman–Crippen LogP) is 6.09. The highest BCUT2D eigenvalue weighted by Crippen LogP contribution is 2.30. The lowest BCUT2D eigenvalue weighted by Gasteiger charge is -2.33. The van der Waals surface area contributed by atoms with Crippen molar-refractivity contribution in [2.45, 2.75) is 17.7 Å². The molecule has 1 aliphatic rings. The molecule has 1 N–H and O–H groups in total. The Morgan fingerprint density at radius 3 is 2.46 bits per heavy atom. The molecule has 1 fully saturated rings. The van der Waals surface area contributed by atoms with E-state index in [4.69, 9.17) is 4.74 Å². The first-order valence-corrected chi connectivity index (χ1v) is 13.8. The van der Waals surface area contributed by atoms with Crippen molar-refractivity contribution in [1.82, 2.24) is 4.98 Å². The van der Waals surface area contributed by atoms with Gasteiger partial charge in [-0.2, -0.15) is 0 Å². The summed E-state index contributed by atoms with van der Waals surface area (Å²) < 4.78 is 36.1. The van der Waals surface area contributed by atoms with Crippen LogP contribution in [0.5, 0.6) is 5.75 Å². The average Bonchev–Trinajstić information content (AvgIpc) is 2.88. The molecular weight excluding hydrogens is 526 g/mol. The SMILES string of the molecule is O=S(=O)(Nc1ccccc1OCC1CCN(c2ccncc2)CC1)c1ccc2cc(Br)ccc2c1. The van der Waals surface area contributed by atoms with Gasteiger partial charge in [-0.25, -0.2) is 8.42 Å². The lowest BCUT2D eigenvalue weighted by molar-refractivity contribution is 0.224. The van der Waals surface area contributed by atoms with E-state index in [0.717, 1.165) is 41.2 Å². The summed E-state index contributed by atoms with van der Waals surface area (Å²) in [5, 5.41) is 1.83. The fourth-order valence-corrected chi connectivity index (χ4v) is 5.85. The van der Waals surface area contributed by atoms with Crippen LogP contribution in [0.15, 0.2) is 94.6 Å². The molecule has 1 saturated heterocycles. The number of anilines is 2. The first-order valence-electron chi connectivity index (χ1n) is 11.6. The minimum atomic E-state index is -3.77. The monoisotopic (exact) mass is 551 g/mol. The molecule has 35 heavy (non-hydrogen) atoms. The Morgan fingerprint density at radius 1 is 0.943 bits per heavy atom. The summed E-state index contributed by atoms with van der Waals surface area (Å²) in [5.41, 5.74) is 1.64. The lowest BCUT2D eigenvalue weighted by Crippen LogP contribution is -2.35. The number of halogens is 1. The molecule has 180 valence electrons. The van der Waals surface area contributed by atoms with Crippen LogP contribution in [0.4, 0.5) is 11.4 Å². The smallest absolute Gasteiger partial charge is 0.262 e. The second kappa shape index (κ2) is 10.3. The van der Waals surface area contributed by atoms with Crippen molar-refractivity contribution in [3.05, 3.63) is 89.7 Å². The maximum absolute atomic E-state index is 13.2. The van der Waals surface area contributed by atoms with Crippen molar-refractivity contribution < 1.29 is 13.2 Å². The molecule has 0 saturated carbocycles. The Balaban J connectivity index is 1.24. The quantitative estimate of drug-likeness (QED) is 0.300. The Hall–Kier alpha value is -3.10. The van der Waals surface area contributed by atoms with E-state index in [9.17, 15) is 8.42 Å². The number of ether oxygens (including phenoxy) is 1. The van der Waals surface area contributed by atoms with E-state index in [1.165, 1.54) is 5.69 Å². The minimum absolute atomic E-state index is 0.214. The zero-order valence-corrected chi connectivity index (χ0v) is 21.5. The van der Waals surface area contributed by atoms with Gasteiger partial charge in [-0.15, -0.1) is 0 Å². The normalized spacial score (nSPS) is 14.7. The van der Waals surface area contributed by atoms with E-state index in [1.54, 1.807) is 24.3 Å². The Bertz CT molecular complexity index is 1420. The fourth-order valence-electron chi connectivity index (χ4n) is 4.36. The molecule has 0 spiro atoms. The molecule has 1 aliphatic heterocycles. The Labute approximate surface area is 214 Å². The number of benzene rings is 3. The summed E-state index contributed by atoms with van der Waals surface area (Å²) >= 11 is 3.45. The minimum Gasteiger partial charge on any atom is -0.491 e. The average molecular weight is 552 g/mol. The van der Waals surface area contributed by atoms with E-state index in [-0.39, 0.29) is 4.90 Å². The maximum Gasteiger partial charge on any atom is 0.262 e. The summed E-state index contributed by atoms with van der Waals surface area (Å²) in [6.45, 7) is 2.48. The number of pyridine rings is 1. The van der Waals surface area contributed by atoms with E-state index in [0.29, 0.717) is 24.0 Å². The highest BCUT2D eigenvalue weighted by molar-refractivity contribution is 9.10. The number of sulfonamides is 1. The number of nitrogens with zero attached hydrogens (tertiary/aromatic N) is 2. The van der Waals surface area contributed by atoms with Gasteiger partial charge in [0.25, 0.3) is 10.0 Å². The third kappa shape index (κ3) is 5.60. The number of para-hydroxylation sites is 2. The highest BCUT2D eigenvalue weighted by atomic mass is 79.9. The fraction of sp³-hybridized carbons (Fsp3) is 0.222. The first-order chi connectivity index (χ1) is 17.0. The third-order valence-corrected chi connectivity index (χ3v) is 8.19. The van der Waals surface area contributed by atoms with Crippen molar-refractivity contribution >= 4 is 48.1 Å². The second-order valence-electron chi connectivity index (χ2n) is 8.70. The molecule has 0 aliphatic carbocycles. The Kier molecular flexibility index (Phi) is 6.92. The molecule has 4 aromatic rings. The molecule has 1 aromatic heterocycles. The molecule has 5 rings (SSSR count). The van der Waals surface area contributed by atoms with Gasteiger partial charge in [0.2, 0.25) is 0 Å². The van der Waals surface area contributed by atoms with Gasteiger partial charge in [-0.3, -0.25) is 9.71 Å². The molecule has 0 atom stereocenters. The van der Waals surface area contributed by atoms with Crippen LogP contribution in [-0.2, 0) is 10.0 Å². The van der Waals surface area contributed by atoms with Crippen LogP contribution >= 0.6 is 15.9 Å². The number of hydrogen-bond donors (Lipinski definition) is 1. The number of hydrogen-bond acceptors (Lipinski definition) is 5. The molecule has 0 amide bonds. The summed E-state index contributed by atoms with van der Waals surface area (Å²) in [6, 6.07) is 22.1. The summed E-state index contributed by atoms with van der Waals surface area (Å²) in [5.74, 6) is 0.954. The standard InChI is InChI=1S/C27H26BrN3O3S/c28-23-7-5-22-18-25(8-6-21(22)17-23)35(32,33)30-26-3-1-2-4-27(26)34-19-20-11-15-31(16-12-20)24-9-13-29-14-10-24/h1-10,13-14,17-18,20,30H,11-12,15-16,19H2. The number of rotatable bonds is 7. The van der Waals surface area contributed by atoms with E-state index < -0.39 is 10.0 Å². The van der Waals surface area contributed by atoms with Crippen molar-refractivity contribution in [2.24, 2.45) is 5.92 Å². The van der Waals surface area contributed by atoms with Gasteiger partial charge >= 0.3 is 0 Å². The van der Waals surface area contributed by atoms with E-state index >= 15 is 0 Å². The molecule has 2 heterocycles. The third-order valence-electron chi connectivity index (χ3n) is 6.33. The van der Waals surface area contributed by atoms with Crippen LogP contribution in [0.3, 0.4) is 0 Å². The van der Waals surface area contributed by atoms with Gasteiger partial charge in [0.1, 0.15) is 5.75 Å². The van der Waals surface area contributed by atoms with Gasteiger partial charge in [-0.1, -0.05) is 40.2 Å². The van der Waals surface area contributed by atoms with Crippen LogP contribution < -0.4 is 14.4 Å². The van der Waals surface area contributed by atoms with Crippen LogP contribution in [-0.4, -0.2) is 33.1 Å². The van der Waals surface area contributed by atoms with Crippen molar-refractivity contribution in [3.8, 4) is 5.75 Å². The van der Waals surface area contributed by atoms with Crippen molar-refractivity contribution in [2.75, 3.05) is 29.3 Å². The molecule has 8 heteroatoms. The largest absolute Gasteiger partial charge is 0.491 e. The zero-order chi connectivity index (χ0) is 24.3. The van der Waals surface area contributed by atoms with Crippen molar-refractivity contribution in [3.63, 3.8) is 0 Å². The van der Waals surface area contributed by atoms with Crippen LogP contribution in [0.1, 0.15) is 12.8 Å². The van der Waals surface area contributed by atoms with Crippen LogP contribution in [0, 0.1) is 5.92 Å². The van der Waals surface area contributed by atoms with Gasteiger partial charge in [0, 0.05) is 35.6 Å². The van der Waals surface area contributed by atoms with Gasteiger partial charge in [0.05, 0.1) is 17.2 Å². The van der Waals surface area contributed by atoms with Crippen LogP contribution in [0.25, 0.3) is 10.8 Å². The molecule has 0 unspecified atom stereocenters. The second-order valence-corrected chi connectivity index (χ2v) is 11.3.